The molecule has 0 saturated heterocycles. The Labute approximate surface area is 169 Å². The Bertz CT molecular complexity index is 790. The third-order valence-corrected chi connectivity index (χ3v) is 4.72. The summed E-state index contributed by atoms with van der Waals surface area (Å²) in [4.78, 5) is 48.2. The van der Waals surface area contributed by atoms with E-state index >= 15 is 0 Å². The first-order valence-corrected chi connectivity index (χ1v) is 9.51. The van der Waals surface area contributed by atoms with Crippen molar-refractivity contribution in [2.24, 2.45) is 0 Å². The molecule has 0 heterocycles. The van der Waals surface area contributed by atoms with E-state index < -0.39 is 30.3 Å². The van der Waals surface area contributed by atoms with Gasteiger partial charge in [0.1, 0.15) is 6.04 Å². The lowest BCUT2D eigenvalue weighted by Gasteiger charge is -2.22. The second-order valence-electron chi connectivity index (χ2n) is 7.37. The van der Waals surface area contributed by atoms with Crippen LogP contribution in [0.4, 0.5) is 5.69 Å². The minimum absolute atomic E-state index is 0.0172. The molecule has 1 aromatic carbocycles. The molecule has 1 saturated carbocycles. The SMILES string of the molecule is Cc1ccc(C)c(NC(=O)CN(CCC(=O)NC(CC(=O)O)C(=O)O)C2CC2)c1. The van der Waals surface area contributed by atoms with Crippen molar-refractivity contribution in [3.05, 3.63) is 29.3 Å². The second-order valence-corrected chi connectivity index (χ2v) is 7.37. The van der Waals surface area contributed by atoms with Crippen molar-refractivity contribution in [2.45, 2.75) is 51.6 Å². The van der Waals surface area contributed by atoms with Gasteiger partial charge >= 0.3 is 11.9 Å². The van der Waals surface area contributed by atoms with Gasteiger partial charge in [-0.25, -0.2) is 4.79 Å². The molecule has 0 aliphatic heterocycles. The van der Waals surface area contributed by atoms with Gasteiger partial charge in [-0.05, 0) is 43.9 Å². The van der Waals surface area contributed by atoms with Gasteiger partial charge in [-0.2, -0.15) is 0 Å². The molecule has 1 atom stereocenters. The van der Waals surface area contributed by atoms with Crippen LogP contribution >= 0.6 is 0 Å². The number of hydrogen-bond donors (Lipinski definition) is 4. The minimum atomic E-state index is -1.47. The van der Waals surface area contributed by atoms with Crippen molar-refractivity contribution in [1.82, 2.24) is 10.2 Å². The fourth-order valence-corrected chi connectivity index (χ4v) is 2.96. The van der Waals surface area contributed by atoms with E-state index in [1.807, 2.05) is 36.9 Å². The van der Waals surface area contributed by atoms with Crippen LogP contribution in [0.3, 0.4) is 0 Å². The molecule has 0 radical (unpaired) electrons. The van der Waals surface area contributed by atoms with Gasteiger partial charge in [0.2, 0.25) is 11.8 Å². The van der Waals surface area contributed by atoms with Crippen LogP contribution < -0.4 is 10.6 Å². The minimum Gasteiger partial charge on any atom is -0.481 e. The molecular formula is C20H27N3O6. The first-order valence-electron chi connectivity index (χ1n) is 9.51. The molecule has 4 N–H and O–H groups in total. The standard InChI is InChI=1S/C20H27N3O6/c1-12-3-4-13(2)15(9-12)21-18(25)11-23(14-5-6-14)8-7-17(24)22-16(20(28)29)10-19(26)27/h3-4,9,14,16H,5-8,10-11H2,1-2H3,(H,21,25)(H,22,24)(H,26,27)(H,28,29). The molecule has 158 valence electrons. The highest BCUT2D eigenvalue weighted by molar-refractivity contribution is 5.93. The van der Waals surface area contributed by atoms with Gasteiger partial charge in [0.05, 0.1) is 13.0 Å². The predicted molar refractivity (Wildman–Crippen MR) is 106 cm³/mol. The highest BCUT2D eigenvalue weighted by Crippen LogP contribution is 2.27. The first kappa shape index (κ1) is 22.4. The van der Waals surface area contributed by atoms with E-state index in [2.05, 4.69) is 10.6 Å². The largest absolute Gasteiger partial charge is 0.481 e. The molecule has 9 nitrogen and oxygen atoms in total. The number of aliphatic carboxylic acids is 2. The Morgan fingerprint density at radius 3 is 2.41 bits per heavy atom. The van der Waals surface area contributed by atoms with Crippen LogP contribution in [0, 0.1) is 13.8 Å². The Morgan fingerprint density at radius 1 is 1.14 bits per heavy atom. The number of carbonyl (C=O) groups is 4. The lowest BCUT2D eigenvalue weighted by Crippen LogP contribution is -2.44. The second kappa shape index (κ2) is 10.0. The van der Waals surface area contributed by atoms with Crippen molar-refractivity contribution >= 4 is 29.4 Å². The molecule has 9 heteroatoms. The molecule has 1 fully saturated rings. The molecular weight excluding hydrogens is 378 g/mol. The van der Waals surface area contributed by atoms with Gasteiger partial charge < -0.3 is 20.8 Å². The summed E-state index contributed by atoms with van der Waals surface area (Å²) < 4.78 is 0. The van der Waals surface area contributed by atoms with E-state index in [0.29, 0.717) is 0 Å². The fraction of sp³-hybridized carbons (Fsp3) is 0.500. The highest BCUT2D eigenvalue weighted by atomic mass is 16.4. The Balaban J connectivity index is 1.87. The summed E-state index contributed by atoms with van der Waals surface area (Å²) in [5, 5.41) is 22.9. The number of nitrogens with zero attached hydrogens (tertiary/aromatic N) is 1. The molecule has 0 bridgehead atoms. The Kier molecular flexibility index (Phi) is 7.72. The monoisotopic (exact) mass is 405 g/mol. The summed E-state index contributed by atoms with van der Waals surface area (Å²) in [5.74, 6) is -3.44. The molecule has 1 unspecified atom stereocenters. The van der Waals surface area contributed by atoms with Crippen molar-refractivity contribution in [3.8, 4) is 0 Å². The molecule has 0 spiro atoms. The van der Waals surface area contributed by atoms with Crippen molar-refractivity contribution in [3.63, 3.8) is 0 Å². The quantitative estimate of drug-likeness (QED) is 0.433. The zero-order valence-corrected chi connectivity index (χ0v) is 16.6. The van der Waals surface area contributed by atoms with E-state index in [1.54, 1.807) is 0 Å². The third kappa shape index (κ3) is 7.53. The van der Waals surface area contributed by atoms with Crippen molar-refractivity contribution in [1.29, 1.82) is 0 Å². The predicted octanol–water partition coefficient (Wildman–Crippen LogP) is 1.14. The normalized spacial score (nSPS) is 14.3. The van der Waals surface area contributed by atoms with Crippen LogP contribution in [-0.4, -0.2) is 64.0 Å². The summed E-state index contributed by atoms with van der Waals surface area (Å²) in [7, 11) is 0. The number of anilines is 1. The number of nitrogens with one attached hydrogen (secondary N) is 2. The maximum Gasteiger partial charge on any atom is 0.326 e. The molecule has 2 rings (SSSR count). The summed E-state index contributed by atoms with van der Waals surface area (Å²) in [5.41, 5.74) is 2.75. The summed E-state index contributed by atoms with van der Waals surface area (Å²) in [6.07, 6.45) is 1.17. The van der Waals surface area contributed by atoms with Gasteiger partial charge in [-0.3, -0.25) is 19.3 Å². The smallest absolute Gasteiger partial charge is 0.326 e. The van der Waals surface area contributed by atoms with E-state index in [1.165, 1.54) is 0 Å². The highest BCUT2D eigenvalue weighted by Gasteiger charge is 2.31. The lowest BCUT2D eigenvalue weighted by molar-refractivity contribution is -0.147. The van der Waals surface area contributed by atoms with Gasteiger partial charge in [0.25, 0.3) is 0 Å². The maximum atomic E-state index is 12.5. The van der Waals surface area contributed by atoms with E-state index in [9.17, 15) is 19.2 Å². The van der Waals surface area contributed by atoms with Gasteiger partial charge in [0, 0.05) is 24.7 Å². The average molecular weight is 405 g/mol. The summed E-state index contributed by atoms with van der Waals surface area (Å²) in [6, 6.07) is 4.55. The number of carbonyl (C=O) groups excluding carboxylic acids is 2. The maximum absolute atomic E-state index is 12.5. The Hall–Kier alpha value is -2.94. The number of amides is 2. The number of rotatable bonds is 11. The van der Waals surface area contributed by atoms with E-state index in [0.717, 1.165) is 29.7 Å². The van der Waals surface area contributed by atoms with Gasteiger partial charge in [-0.1, -0.05) is 12.1 Å². The number of carboxylic acids is 2. The van der Waals surface area contributed by atoms with Crippen molar-refractivity contribution < 1.29 is 29.4 Å². The zero-order valence-electron chi connectivity index (χ0n) is 16.6. The lowest BCUT2D eigenvalue weighted by atomic mass is 10.1. The average Bonchev–Trinajstić information content (AvgIpc) is 3.45. The first-order chi connectivity index (χ1) is 13.7. The number of benzene rings is 1. The van der Waals surface area contributed by atoms with Crippen molar-refractivity contribution in [2.75, 3.05) is 18.4 Å². The van der Waals surface area contributed by atoms with Crippen LogP contribution in [0.2, 0.25) is 0 Å². The van der Waals surface area contributed by atoms with E-state index in [-0.39, 0.29) is 31.5 Å². The van der Waals surface area contributed by atoms with Crippen LogP contribution in [-0.2, 0) is 19.2 Å². The third-order valence-electron chi connectivity index (χ3n) is 4.72. The topological polar surface area (TPSA) is 136 Å². The molecule has 2 amide bonds. The van der Waals surface area contributed by atoms with Gasteiger partial charge in [-0.15, -0.1) is 0 Å². The zero-order chi connectivity index (χ0) is 21.6. The van der Waals surface area contributed by atoms with Crippen LogP contribution in [0.1, 0.15) is 36.8 Å². The molecule has 1 aliphatic carbocycles. The summed E-state index contributed by atoms with van der Waals surface area (Å²) in [6.45, 7) is 4.27. The van der Waals surface area contributed by atoms with E-state index in [4.69, 9.17) is 10.2 Å². The molecule has 29 heavy (non-hydrogen) atoms. The summed E-state index contributed by atoms with van der Waals surface area (Å²) >= 11 is 0. The Morgan fingerprint density at radius 2 is 1.83 bits per heavy atom. The molecule has 1 aromatic rings. The molecule has 1 aliphatic rings. The fourth-order valence-electron chi connectivity index (χ4n) is 2.96. The van der Waals surface area contributed by atoms with Crippen LogP contribution in [0.5, 0.6) is 0 Å². The molecule has 0 aromatic heterocycles. The number of carboxylic acid groups (broad SMARTS) is 2. The number of aryl methyl sites for hydroxylation is 2. The van der Waals surface area contributed by atoms with Crippen LogP contribution in [0.25, 0.3) is 0 Å². The van der Waals surface area contributed by atoms with Gasteiger partial charge in [0.15, 0.2) is 0 Å². The number of hydrogen-bond acceptors (Lipinski definition) is 5. The van der Waals surface area contributed by atoms with Crippen LogP contribution in [0.15, 0.2) is 18.2 Å².